The number of carbonyl (C=O) groups is 1. The third-order valence-corrected chi connectivity index (χ3v) is 5.55. The van der Waals surface area contributed by atoms with E-state index in [9.17, 15) is 13.2 Å². The lowest BCUT2D eigenvalue weighted by Crippen LogP contribution is -2.45. The summed E-state index contributed by atoms with van der Waals surface area (Å²) < 4.78 is 24.5. The number of hydrogen-bond donors (Lipinski definition) is 2. The second-order valence-corrected chi connectivity index (χ2v) is 8.35. The molecular formula is C12H21N5O3S2. The predicted octanol–water partition coefficient (Wildman–Crippen LogP) is -0.00698. The van der Waals surface area contributed by atoms with Gasteiger partial charge in [-0.2, -0.15) is 0 Å². The van der Waals surface area contributed by atoms with Crippen LogP contribution in [0.25, 0.3) is 0 Å². The molecule has 1 aromatic heterocycles. The SMILES string of the molecule is Cc1nc(SCCNC(=O)[C@@H]2CCCN(S(C)(=O)=O)C2)n[nH]1. The lowest BCUT2D eigenvalue weighted by Gasteiger charge is -2.30. The van der Waals surface area contributed by atoms with Gasteiger partial charge >= 0.3 is 0 Å². The summed E-state index contributed by atoms with van der Waals surface area (Å²) in [4.78, 5) is 16.3. The van der Waals surface area contributed by atoms with Crippen molar-refractivity contribution in [2.24, 2.45) is 5.92 Å². The maximum atomic E-state index is 12.1. The second kappa shape index (κ2) is 7.42. The maximum Gasteiger partial charge on any atom is 0.224 e. The maximum absolute atomic E-state index is 12.1. The lowest BCUT2D eigenvalue weighted by atomic mass is 9.99. The number of nitrogens with zero attached hydrogens (tertiary/aromatic N) is 3. The molecule has 2 rings (SSSR count). The third kappa shape index (κ3) is 4.96. The van der Waals surface area contributed by atoms with E-state index in [-0.39, 0.29) is 18.4 Å². The summed E-state index contributed by atoms with van der Waals surface area (Å²) in [5, 5.41) is 10.3. The molecule has 1 aromatic rings. The smallest absolute Gasteiger partial charge is 0.224 e. The largest absolute Gasteiger partial charge is 0.355 e. The van der Waals surface area contributed by atoms with Gasteiger partial charge < -0.3 is 5.32 Å². The van der Waals surface area contributed by atoms with E-state index in [1.807, 2.05) is 6.92 Å². The number of sulfonamides is 1. The van der Waals surface area contributed by atoms with E-state index in [4.69, 9.17) is 0 Å². The van der Waals surface area contributed by atoms with Crippen LogP contribution in [0.15, 0.2) is 5.16 Å². The zero-order valence-electron chi connectivity index (χ0n) is 12.7. The highest BCUT2D eigenvalue weighted by Gasteiger charge is 2.29. The van der Waals surface area contributed by atoms with Crippen LogP contribution in [0.4, 0.5) is 0 Å². The first-order chi connectivity index (χ1) is 10.4. The first kappa shape index (κ1) is 17.2. The summed E-state index contributed by atoms with van der Waals surface area (Å²) in [5.41, 5.74) is 0. The summed E-state index contributed by atoms with van der Waals surface area (Å²) in [6.07, 6.45) is 2.63. The molecule has 0 bridgehead atoms. The van der Waals surface area contributed by atoms with Gasteiger partial charge in [0.15, 0.2) is 0 Å². The first-order valence-corrected chi connectivity index (χ1v) is 9.94. The van der Waals surface area contributed by atoms with Crippen LogP contribution in [0.5, 0.6) is 0 Å². The number of aromatic nitrogens is 3. The number of carbonyl (C=O) groups excluding carboxylic acids is 1. The molecule has 1 aliphatic heterocycles. The number of rotatable bonds is 6. The van der Waals surface area contributed by atoms with Crippen molar-refractivity contribution >= 4 is 27.7 Å². The zero-order valence-corrected chi connectivity index (χ0v) is 14.3. The number of hydrogen-bond acceptors (Lipinski definition) is 6. The van der Waals surface area contributed by atoms with E-state index >= 15 is 0 Å². The fourth-order valence-corrected chi connectivity index (χ4v) is 3.92. The number of piperidine rings is 1. The van der Waals surface area contributed by atoms with Crippen LogP contribution in [-0.4, -0.2) is 65.5 Å². The molecule has 1 aliphatic rings. The number of aromatic amines is 1. The van der Waals surface area contributed by atoms with Crippen LogP contribution in [0.3, 0.4) is 0 Å². The molecule has 10 heteroatoms. The highest BCUT2D eigenvalue weighted by molar-refractivity contribution is 7.99. The molecule has 0 aromatic carbocycles. The number of H-pyrrole nitrogens is 1. The Morgan fingerprint density at radius 3 is 2.95 bits per heavy atom. The van der Waals surface area contributed by atoms with Crippen LogP contribution in [0.2, 0.25) is 0 Å². The van der Waals surface area contributed by atoms with Crippen molar-refractivity contribution in [1.29, 1.82) is 0 Å². The predicted molar refractivity (Wildman–Crippen MR) is 84.0 cm³/mol. The third-order valence-electron chi connectivity index (χ3n) is 3.43. The molecule has 8 nitrogen and oxygen atoms in total. The quantitative estimate of drug-likeness (QED) is 0.554. The molecular weight excluding hydrogens is 326 g/mol. The fraction of sp³-hybridized carbons (Fsp3) is 0.750. The Kier molecular flexibility index (Phi) is 5.81. The van der Waals surface area contributed by atoms with Crippen LogP contribution < -0.4 is 5.32 Å². The van der Waals surface area contributed by atoms with Gasteiger partial charge in [0.1, 0.15) is 5.82 Å². The lowest BCUT2D eigenvalue weighted by molar-refractivity contribution is -0.125. The van der Waals surface area contributed by atoms with Crippen molar-refractivity contribution < 1.29 is 13.2 Å². The summed E-state index contributed by atoms with van der Waals surface area (Å²) in [7, 11) is -3.22. The van der Waals surface area contributed by atoms with E-state index in [1.54, 1.807) is 0 Å². The highest BCUT2D eigenvalue weighted by atomic mass is 32.2. The van der Waals surface area contributed by atoms with Crippen LogP contribution >= 0.6 is 11.8 Å². The normalized spacial score (nSPS) is 20.0. The highest BCUT2D eigenvalue weighted by Crippen LogP contribution is 2.19. The minimum Gasteiger partial charge on any atom is -0.355 e. The van der Waals surface area contributed by atoms with E-state index in [2.05, 4.69) is 20.5 Å². The topological polar surface area (TPSA) is 108 Å². The summed E-state index contributed by atoms with van der Waals surface area (Å²) >= 11 is 1.46. The zero-order chi connectivity index (χ0) is 16.2. The van der Waals surface area contributed by atoms with Crippen LogP contribution in [0.1, 0.15) is 18.7 Å². The number of thioether (sulfide) groups is 1. The Hall–Kier alpha value is -1.13. The van der Waals surface area contributed by atoms with E-state index in [0.29, 0.717) is 24.0 Å². The van der Waals surface area contributed by atoms with Crippen molar-refractivity contribution in [2.45, 2.75) is 24.9 Å². The van der Waals surface area contributed by atoms with Crippen LogP contribution in [0, 0.1) is 12.8 Å². The van der Waals surface area contributed by atoms with E-state index in [1.165, 1.54) is 22.3 Å². The molecule has 1 atom stereocenters. The Morgan fingerprint density at radius 1 is 1.55 bits per heavy atom. The van der Waals surface area contributed by atoms with E-state index < -0.39 is 10.0 Å². The molecule has 2 heterocycles. The van der Waals surface area contributed by atoms with Gasteiger partial charge in [0.25, 0.3) is 0 Å². The minimum atomic E-state index is -3.22. The average molecular weight is 347 g/mol. The summed E-state index contributed by atoms with van der Waals surface area (Å²) in [6, 6.07) is 0. The van der Waals surface area contributed by atoms with Gasteiger partial charge in [-0.05, 0) is 19.8 Å². The molecule has 1 amide bonds. The van der Waals surface area contributed by atoms with Crippen molar-refractivity contribution in [3.05, 3.63) is 5.82 Å². The van der Waals surface area contributed by atoms with Crippen molar-refractivity contribution in [1.82, 2.24) is 24.8 Å². The molecule has 0 unspecified atom stereocenters. The Labute approximate surface area is 134 Å². The molecule has 1 saturated heterocycles. The van der Waals surface area contributed by atoms with Crippen LogP contribution in [-0.2, 0) is 14.8 Å². The molecule has 0 aliphatic carbocycles. The van der Waals surface area contributed by atoms with E-state index in [0.717, 1.165) is 18.7 Å². The number of aryl methyl sites for hydroxylation is 1. The van der Waals surface area contributed by atoms with Crippen molar-refractivity contribution in [3.63, 3.8) is 0 Å². The van der Waals surface area contributed by atoms with Crippen molar-refractivity contribution in [3.8, 4) is 0 Å². The van der Waals surface area contributed by atoms with Gasteiger partial charge in [-0.25, -0.2) is 17.7 Å². The molecule has 22 heavy (non-hydrogen) atoms. The van der Waals surface area contributed by atoms with Gasteiger partial charge in [-0.3, -0.25) is 9.89 Å². The van der Waals surface area contributed by atoms with Gasteiger partial charge in [0.05, 0.1) is 12.2 Å². The number of amides is 1. The van der Waals surface area contributed by atoms with Gasteiger partial charge in [-0.1, -0.05) is 11.8 Å². The van der Waals surface area contributed by atoms with Gasteiger partial charge in [0, 0.05) is 25.4 Å². The monoisotopic (exact) mass is 347 g/mol. The second-order valence-electron chi connectivity index (χ2n) is 5.30. The van der Waals surface area contributed by atoms with Crippen molar-refractivity contribution in [2.75, 3.05) is 31.6 Å². The molecule has 0 saturated carbocycles. The summed E-state index contributed by atoms with van der Waals surface area (Å²) in [5.74, 6) is 1.08. The molecule has 0 spiro atoms. The minimum absolute atomic E-state index is 0.0832. The molecule has 1 fully saturated rings. The number of nitrogens with one attached hydrogen (secondary N) is 2. The standard InChI is InChI=1S/C12H21N5O3S2/c1-9-14-12(16-15-9)21-7-5-13-11(18)10-4-3-6-17(8-10)22(2,19)20/h10H,3-8H2,1-2H3,(H,13,18)(H,14,15,16)/t10-/m1/s1. The Balaban J connectivity index is 1.72. The molecule has 2 N–H and O–H groups in total. The molecule has 0 radical (unpaired) electrons. The fourth-order valence-electron chi connectivity index (χ4n) is 2.31. The molecule has 124 valence electrons. The Bertz CT molecular complexity index is 616. The first-order valence-electron chi connectivity index (χ1n) is 7.11. The van der Waals surface area contributed by atoms with Gasteiger partial charge in [-0.15, -0.1) is 5.10 Å². The Morgan fingerprint density at radius 2 is 2.32 bits per heavy atom. The summed E-state index contributed by atoms with van der Waals surface area (Å²) in [6.45, 7) is 3.11. The van der Waals surface area contributed by atoms with Gasteiger partial charge in [0.2, 0.25) is 21.1 Å². The average Bonchev–Trinajstić information content (AvgIpc) is 2.88.